The summed E-state index contributed by atoms with van der Waals surface area (Å²) in [5, 5.41) is 6.23. The Hall–Kier alpha value is -1.53. The van der Waals surface area contributed by atoms with Crippen LogP contribution in [-0.2, 0) is 28.8 Å². The highest BCUT2D eigenvalue weighted by Gasteiger charge is 2.18. The molecule has 0 unspecified atom stereocenters. The van der Waals surface area contributed by atoms with Crippen molar-refractivity contribution in [1.82, 2.24) is 20.6 Å². The normalized spacial score (nSPS) is 20.7. The molecule has 120 valence electrons. The minimum atomic E-state index is 0.0564. The minimum Gasteiger partial charge on any atom is -0.378 e. The number of carbonyl (C=O) groups excluding carboxylic acids is 1. The van der Waals surface area contributed by atoms with Crippen molar-refractivity contribution in [1.29, 1.82) is 0 Å². The molecule has 2 heterocycles. The van der Waals surface area contributed by atoms with Crippen LogP contribution in [0.25, 0.3) is 0 Å². The fourth-order valence-electron chi connectivity index (χ4n) is 3.16. The average Bonchev–Trinajstić information content (AvgIpc) is 2.97. The minimum absolute atomic E-state index is 0.0564. The van der Waals surface area contributed by atoms with E-state index >= 15 is 0 Å². The summed E-state index contributed by atoms with van der Waals surface area (Å²) in [5.41, 5.74) is 3.64. The molecule has 2 aliphatic rings. The van der Waals surface area contributed by atoms with Gasteiger partial charge in [-0.1, -0.05) is 0 Å². The topological polar surface area (TPSA) is 76.1 Å². The second-order valence-electron chi connectivity index (χ2n) is 6.03. The van der Waals surface area contributed by atoms with E-state index < -0.39 is 0 Å². The van der Waals surface area contributed by atoms with Crippen LogP contribution in [0.4, 0.5) is 0 Å². The maximum atomic E-state index is 11.9. The molecule has 6 nitrogen and oxygen atoms in total. The van der Waals surface area contributed by atoms with Gasteiger partial charge in [0.1, 0.15) is 5.82 Å². The summed E-state index contributed by atoms with van der Waals surface area (Å²) < 4.78 is 5.35. The predicted molar refractivity (Wildman–Crippen MR) is 82.7 cm³/mol. The Kier molecular flexibility index (Phi) is 5.00. The Morgan fingerprint density at radius 1 is 1.41 bits per heavy atom. The molecule has 1 aliphatic carbocycles. The highest BCUT2D eigenvalue weighted by Crippen LogP contribution is 2.22. The van der Waals surface area contributed by atoms with Gasteiger partial charge in [-0.15, -0.1) is 0 Å². The van der Waals surface area contributed by atoms with Crippen molar-refractivity contribution in [2.24, 2.45) is 0 Å². The zero-order chi connectivity index (χ0) is 15.4. The molecule has 0 bridgehead atoms. The SMILES string of the molecule is Cc1nc(CCNC(=O)C[C@@H]2COCCN2)nc2c1CCC2. The van der Waals surface area contributed by atoms with Gasteiger partial charge in [0.2, 0.25) is 5.91 Å². The largest absolute Gasteiger partial charge is 0.378 e. The van der Waals surface area contributed by atoms with E-state index in [4.69, 9.17) is 4.74 Å². The summed E-state index contributed by atoms with van der Waals surface area (Å²) in [7, 11) is 0. The van der Waals surface area contributed by atoms with Gasteiger partial charge in [-0.3, -0.25) is 4.79 Å². The lowest BCUT2D eigenvalue weighted by Gasteiger charge is -2.23. The Labute approximate surface area is 131 Å². The van der Waals surface area contributed by atoms with Crippen LogP contribution in [0.3, 0.4) is 0 Å². The van der Waals surface area contributed by atoms with E-state index in [-0.39, 0.29) is 11.9 Å². The molecule has 0 spiro atoms. The van der Waals surface area contributed by atoms with Crippen LogP contribution in [0.5, 0.6) is 0 Å². The first kappa shape index (κ1) is 15.4. The third-order valence-electron chi connectivity index (χ3n) is 4.29. The summed E-state index contributed by atoms with van der Waals surface area (Å²) >= 11 is 0. The number of amides is 1. The van der Waals surface area contributed by atoms with Crippen molar-refractivity contribution in [3.8, 4) is 0 Å². The number of aromatic nitrogens is 2. The lowest BCUT2D eigenvalue weighted by Crippen LogP contribution is -2.44. The standard InChI is InChI=1S/C16H24N4O2/c1-11-13-3-2-4-14(13)20-15(19-11)5-6-18-16(21)9-12-10-22-8-7-17-12/h12,17H,2-10H2,1H3,(H,18,21)/t12-/m1/s1. The Bertz CT molecular complexity index is 541. The van der Waals surface area contributed by atoms with Crippen LogP contribution >= 0.6 is 0 Å². The van der Waals surface area contributed by atoms with Gasteiger partial charge in [-0.05, 0) is 31.7 Å². The van der Waals surface area contributed by atoms with Crippen molar-refractivity contribution in [3.63, 3.8) is 0 Å². The molecule has 1 atom stereocenters. The third-order valence-corrected chi connectivity index (χ3v) is 4.29. The molecule has 1 saturated heterocycles. The summed E-state index contributed by atoms with van der Waals surface area (Å²) in [5.74, 6) is 0.901. The first-order valence-corrected chi connectivity index (χ1v) is 8.15. The molecule has 1 aromatic heterocycles. The van der Waals surface area contributed by atoms with Gasteiger partial charge < -0.3 is 15.4 Å². The molecule has 0 radical (unpaired) electrons. The molecule has 1 fully saturated rings. The zero-order valence-electron chi connectivity index (χ0n) is 13.2. The average molecular weight is 304 g/mol. The lowest BCUT2D eigenvalue weighted by molar-refractivity contribution is -0.122. The van der Waals surface area contributed by atoms with Gasteiger partial charge in [-0.2, -0.15) is 0 Å². The smallest absolute Gasteiger partial charge is 0.221 e. The highest BCUT2D eigenvalue weighted by atomic mass is 16.5. The van der Waals surface area contributed by atoms with Crippen LogP contribution in [0.15, 0.2) is 0 Å². The van der Waals surface area contributed by atoms with Crippen molar-refractivity contribution in [2.75, 3.05) is 26.3 Å². The molecule has 0 saturated carbocycles. The molecular formula is C16H24N4O2. The van der Waals surface area contributed by atoms with Gasteiger partial charge in [0.25, 0.3) is 0 Å². The molecular weight excluding hydrogens is 280 g/mol. The molecule has 1 aliphatic heterocycles. The van der Waals surface area contributed by atoms with E-state index in [9.17, 15) is 4.79 Å². The van der Waals surface area contributed by atoms with E-state index in [0.29, 0.717) is 26.0 Å². The number of fused-ring (bicyclic) bond motifs is 1. The molecule has 22 heavy (non-hydrogen) atoms. The highest BCUT2D eigenvalue weighted by molar-refractivity contribution is 5.76. The van der Waals surface area contributed by atoms with Crippen LogP contribution in [0, 0.1) is 6.92 Å². The number of hydrogen-bond donors (Lipinski definition) is 2. The first-order chi connectivity index (χ1) is 10.7. The second-order valence-corrected chi connectivity index (χ2v) is 6.03. The van der Waals surface area contributed by atoms with Crippen LogP contribution in [-0.4, -0.2) is 48.2 Å². The summed E-state index contributed by atoms with van der Waals surface area (Å²) in [6, 6.07) is 0.132. The van der Waals surface area contributed by atoms with Crippen molar-refractivity contribution in [3.05, 3.63) is 22.8 Å². The number of nitrogens with one attached hydrogen (secondary N) is 2. The summed E-state index contributed by atoms with van der Waals surface area (Å²) in [6.07, 6.45) is 4.50. The molecule has 2 N–H and O–H groups in total. The Morgan fingerprint density at radius 2 is 2.32 bits per heavy atom. The number of ether oxygens (including phenoxy) is 1. The van der Waals surface area contributed by atoms with E-state index in [1.54, 1.807) is 0 Å². The van der Waals surface area contributed by atoms with Gasteiger partial charge >= 0.3 is 0 Å². The predicted octanol–water partition coefficient (Wildman–Crippen LogP) is 0.311. The van der Waals surface area contributed by atoms with Crippen LogP contribution in [0.1, 0.15) is 35.6 Å². The van der Waals surface area contributed by atoms with E-state index in [1.807, 2.05) is 0 Å². The lowest BCUT2D eigenvalue weighted by atomic mass is 10.2. The fraction of sp³-hybridized carbons (Fsp3) is 0.688. The van der Waals surface area contributed by atoms with E-state index in [1.165, 1.54) is 17.7 Å². The van der Waals surface area contributed by atoms with E-state index in [0.717, 1.165) is 37.5 Å². The monoisotopic (exact) mass is 304 g/mol. The van der Waals surface area contributed by atoms with Gasteiger partial charge in [-0.25, -0.2) is 9.97 Å². The van der Waals surface area contributed by atoms with Gasteiger partial charge in [0.15, 0.2) is 0 Å². The van der Waals surface area contributed by atoms with Crippen LogP contribution < -0.4 is 10.6 Å². The molecule has 1 aromatic rings. The maximum Gasteiger partial charge on any atom is 0.221 e. The summed E-state index contributed by atoms with van der Waals surface area (Å²) in [6.45, 7) is 4.81. The van der Waals surface area contributed by atoms with Gasteiger partial charge in [0, 0.05) is 43.4 Å². The van der Waals surface area contributed by atoms with Gasteiger partial charge in [0.05, 0.1) is 13.2 Å². The number of nitrogens with zero attached hydrogens (tertiary/aromatic N) is 2. The fourth-order valence-corrected chi connectivity index (χ4v) is 3.16. The van der Waals surface area contributed by atoms with Crippen molar-refractivity contribution >= 4 is 5.91 Å². The number of morpholine rings is 1. The number of aryl methyl sites for hydroxylation is 2. The Morgan fingerprint density at radius 3 is 3.14 bits per heavy atom. The quantitative estimate of drug-likeness (QED) is 0.819. The van der Waals surface area contributed by atoms with E-state index in [2.05, 4.69) is 27.5 Å². The maximum absolute atomic E-state index is 11.9. The molecule has 1 amide bonds. The zero-order valence-corrected chi connectivity index (χ0v) is 13.2. The molecule has 3 rings (SSSR count). The molecule has 0 aromatic carbocycles. The molecule has 6 heteroatoms. The first-order valence-electron chi connectivity index (χ1n) is 8.15. The van der Waals surface area contributed by atoms with Crippen LogP contribution in [0.2, 0.25) is 0 Å². The second kappa shape index (κ2) is 7.15. The Balaban J connectivity index is 1.44. The number of rotatable bonds is 5. The summed E-state index contributed by atoms with van der Waals surface area (Å²) in [4.78, 5) is 21.1. The third kappa shape index (κ3) is 3.81. The number of hydrogen-bond acceptors (Lipinski definition) is 5. The van der Waals surface area contributed by atoms with Crippen molar-refractivity contribution in [2.45, 2.75) is 45.1 Å². The number of carbonyl (C=O) groups is 1. The van der Waals surface area contributed by atoms with Crippen molar-refractivity contribution < 1.29 is 9.53 Å².